The number of carbonyl (C=O) groups excluding carboxylic acids is 1. The van der Waals surface area contributed by atoms with Crippen LogP contribution in [0.5, 0.6) is 0 Å². The fourth-order valence-corrected chi connectivity index (χ4v) is 4.38. The van der Waals surface area contributed by atoms with Gasteiger partial charge in [-0.2, -0.15) is 0 Å². The summed E-state index contributed by atoms with van der Waals surface area (Å²) in [6, 6.07) is 10.8. The molecule has 1 atom stereocenters. The molecule has 5 heteroatoms. The molecule has 1 aliphatic rings. The molecule has 3 heterocycles. The van der Waals surface area contributed by atoms with Gasteiger partial charge < -0.3 is 14.8 Å². The van der Waals surface area contributed by atoms with Gasteiger partial charge in [-0.05, 0) is 49.4 Å². The van der Waals surface area contributed by atoms with E-state index in [0.29, 0.717) is 6.42 Å². The van der Waals surface area contributed by atoms with Gasteiger partial charge in [0.25, 0.3) is 0 Å². The number of hydrogen-bond acceptors (Lipinski definition) is 3. The molecule has 1 amide bonds. The number of benzene rings is 1. The van der Waals surface area contributed by atoms with Crippen molar-refractivity contribution in [3.05, 3.63) is 65.1 Å². The topological polar surface area (TPSA) is 50.2 Å². The van der Waals surface area contributed by atoms with E-state index in [4.69, 9.17) is 0 Å². The number of fused-ring (bicyclic) bond motifs is 3. The summed E-state index contributed by atoms with van der Waals surface area (Å²) in [4.78, 5) is 18.8. The van der Waals surface area contributed by atoms with Gasteiger partial charge in [0.2, 0.25) is 5.91 Å². The van der Waals surface area contributed by atoms with Gasteiger partial charge in [-0.25, -0.2) is 0 Å². The van der Waals surface area contributed by atoms with E-state index in [0.717, 1.165) is 31.6 Å². The summed E-state index contributed by atoms with van der Waals surface area (Å²) in [7, 11) is 3.89. The molecule has 0 radical (unpaired) electrons. The molecule has 2 aromatic heterocycles. The molecule has 1 unspecified atom stereocenters. The number of nitrogens with one attached hydrogen (secondary N) is 1. The lowest BCUT2D eigenvalue weighted by atomic mass is 9.95. The van der Waals surface area contributed by atoms with Crippen molar-refractivity contribution in [2.75, 3.05) is 20.6 Å². The monoisotopic (exact) mass is 376 g/mol. The summed E-state index contributed by atoms with van der Waals surface area (Å²) in [6.07, 6.45) is 5.14. The molecule has 1 aromatic carbocycles. The smallest absolute Gasteiger partial charge is 0.220 e. The molecule has 1 N–H and O–H groups in total. The Bertz CT molecular complexity index is 993. The number of hydrogen-bond donors (Lipinski definition) is 1. The van der Waals surface area contributed by atoms with Crippen LogP contribution in [0.4, 0.5) is 0 Å². The van der Waals surface area contributed by atoms with Crippen LogP contribution < -0.4 is 5.32 Å². The number of likely N-dealkylation sites (N-methyl/N-ethyl adjacent to an activating group) is 1. The number of pyridine rings is 1. The Balaban J connectivity index is 1.80. The van der Waals surface area contributed by atoms with E-state index in [1.807, 2.05) is 24.5 Å². The molecule has 0 bridgehead atoms. The van der Waals surface area contributed by atoms with Crippen molar-refractivity contribution in [1.82, 2.24) is 19.8 Å². The van der Waals surface area contributed by atoms with Crippen molar-refractivity contribution in [3.63, 3.8) is 0 Å². The summed E-state index contributed by atoms with van der Waals surface area (Å²) < 4.78 is 2.46. The maximum absolute atomic E-state index is 12.2. The molecule has 146 valence electrons. The third-order valence-electron chi connectivity index (χ3n) is 5.89. The van der Waals surface area contributed by atoms with Crippen molar-refractivity contribution in [2.24, 2.45) is 0 Å². The number of rotatable bonds is 5. The molecule has 3 aromatic rings. The van der Waals surface area contributed by atoms with Crippen LogP contribution >= 0.6 is 0 Å². The maximum Gasteiger partial charge on any atom is 0.220 e. The SMILES string of the molecule is CNC(=O)CC(Cn1c2c(c3cc(C)ccc31)CN(C)CC2)c1ccncc1. The average Bonchev–Trinajstić information content (AvgIpc) is 3.00. The quantitative estimate of drug-likeness (QED) is 0.744. The molecular formula is C23H28N4O. The first-order chi connectivity index (χ1) is 13.6. The Kier molecular flexibility index (Phi) is 5.18. The Morgan fingerprint density at radius 2 is 2.04 bits per heavy atom. The molecule has 28 heavy (non-hydrogen) atoms. The zero-order valence-corrected chi connectivity index (χ0v) is 16.9. The third kappa shape index (κ3) is 3.54. The van der Waals surface area contributed by atoms with E-state index in [2.05, 4.69) is 51.9 Å². The van der Waals surface area contributed by atoms with Crippen molar-refractivity contribution in [3.8, 4) is 0 Å². The summed E-state index contributed by atoms with van der Waals surface area (Å²) in [5.74, 6) is 0.186. The molecule has 1 aliphatic heterocycles. The number of amides is 1. The predicted octanol–water partition coefficient (Wildman–Crippen LogP) is 3.25. The zero-order valence-electron chi connectivity index (χ0n) is 16.9. The van der Waals surface area contributed by atoms with Gasteiger partial charge in [-0.3, -0.25) is 9.78 Å². The van der Waals surface area contributed by atoms with Gasteiger partial charge in [0.05, 0.1) is 0 Å². The van der Waals surface area contributed by atoms with Crippen LogP contribution in [0.2, 0.25) is 0 Å². The van der Waals surface area contributed by atoms with E-state index in [-0.39, 0.29) is 11.8 Å². The summed E-state index contributed by atoms with van der Waals surface area (Å²) in [6.45, 7) is 5.01. The lowest BCUT2D eigenvalue weighted by Gasteiger charge is -2.26. The van der Waals surface area contributed by atoms with Crippen LogP contribution in [0.1, 0.15) is 34.7 Å². The van der Waals surface area contributed by atoms with Gasteiger partial charge in [0.1, 0.15) is 0 Å². The van der Waals surface area contributed by atoms with E-state index >= 15 is 0 Å². The first-order valence-electron chi connectivity index (χ1n) is 9.96. The predicted molar refractivity (Wildman–Crippen MR) is 112 cm³/mol. The highest BCUT2D eigenvalue weighted by Gasteiger charge is 2.25. The lowest BCUT2D eigenvalue weighted by molar-refractivity contribution is -0.121. The van der Waals surface area contributed by atoms with Crippen molar-refractivity contribution in [2.45, 2.75) is 38.8 Å². The van der Waals surface area contributed by atoms with Gasteiger partial charge in [-0.1, -0.05) is 11.6 Å². The number of aromatic nitrogens is 2. The fraction of sp³-hybridized carbons (Fsp3) is 0.391. The Morgan fingerprint density at radius 1 is 1.25 bits per heavy atom. The first kappa shape index (κ1) is 18.7. The van der Waals surface area contributed by atoms with Crippen LogP contribution in [0.3, 0.4) is 0 Å². The van der Waals surface area contributed by atoms with Gasteiger partial charge >= 0.3 is 0 Å². The van der Waals surface area contributed by atoms with Crippen molar-refractivity contribution >= 4 is 16.8 Å². The Labute approximate surface area is 166 Å². The largest absolute Gasteiger partial charge is 0.359 e. The molecule has 0 saturated carbocycles. The highest BCUT2D eigenvalue weighted by atomic mass is 16.1. The van der Waals surface area contributed by atoms with Crippen LogP contribution in [0, 0.1) is 6.92 Å². The van der Waals surface area contributed by atoms with E-state index in [9.17, 15) is 4.79 Å². The Hall–Kier alpha value is -2.66. The minimum atomic E-state index is 0.0720. The molecule has 4 rings (SSSR count). The summed E-state index contributed by atoms with van der Waals surface area (Å²) >= 11 is 0. The number of nitrogens with zero attached hydrogens (tertiary/aromatic N) is 3. The summed E-state index contributed by atoms with van der Waals surface area (Å²) in [5, 5.41) is 4.14. The van der Waals surface area contributed by atoms with E-state index in [1.54, 1.807) is 7.05 Å². The zero-order chi connectivity index (χ0) is 19.7. The fourth-order valence-electron chi connectivity index (χ4n) is 4.38. The van der Waals surface area contributed by atoms with Crippen LogP contribution in [0.25, 0.3) is 10.9 Å². The lowest BCUT2D eigenvalue weighted by Crippen LogP contribution is -2.28. The third-order valence-corrected chi connectivity index (χ3v) is 5.89. The van der Waals surface area contributed by atoms with Crippen LogP contribution in [0.15, 0.2) is 42.7 Å². The van der Waals surface area contributed by atoms with Crippen LogP contribution in [-0.2, 0) is 24.3 Å². The molecule has 0 spiro atoms. The van der Waals surface area contributed by atoms with Gasteiger partial charge in [0.15, 0.2) is 0 Å². The molecule has 5 nitrogen and oxygen atoms in total. The average molecular weight is 377 g/mol. The molecule has 0 fully saturated rings. The van der Waals surface area contributed by atoms with Gasteiger partial charge in [-0.15, -0.1) is 0 Å². The van der Waals surface area contributed by atoms with Crippen LogP contribution in [-0.4, -0.2) is 41.0 Å². The number of aryl methyl sites for hydroxylation is 1. The maximum atomic E-state index is 12.2. The second-order valence-electron chi connectivity index (χ2n) is 7.90. The van der Waals surface area contributed by atoms with Crippen molar-refractivity contribution in [1.29, 1.82) is 0 Å². The second kappa shape index (κ2) is 7.76. The first-order valence-corrected chi connectivity index (χ1v) is 9.96. The Morgan fingerprint density at radius 3 is 2.79 bits per heavy atom. The molecule has 0 saturated heterocycles. The minimum absolute atomic E-state index is 0.0720. The van der Waals surface area contributed by atoms with E-state index in [1.165, 1.54) is 27.7 Å². The summed E-state index contributed by atoms with van der Waals surface area (Å²) in [5.41, 5.74) is 6.60. The normalized spacial score (nSPS) is 15.4. The van der Waals surface area contributed by atoms with E-state index < -0.39 is 0 Å². The standard InChI is InChI=1S/C23H28N4O/c1-16-4-5-21-19(12-16)20-15-26(3)11-8-22(20)27(21)14-18(13-23(28)24-2)17-6-9-25-10-7-17/h4-7,9-10,12,18H,8,11,13-15H2,1-3H3,(H,24,28). The minimum Gasteiger partial charge on any atom is -0.359 e. The molecule has 0 aliphatic carbocycles. The second-order valence-corrected chi connectivity index (χ2v) is 7.90. The molecular weight excluding hydrogens is 348 g/mol. The van der Waals surface area contributed by atoms with Gasteiger partial charge in [0, 0.05) is 74.4 Å². The highest BCUT2D eigenvalue weighted by molar-refractivity contribution is 5.86. The number of carbonyl (C=O) groups is 1. The van der Waals surface area contributed by atoms with Crippen molar-refractivity contribution < 1.29 is 4.79 Å². The highest BCUT2D eigenvalue weighted by Crippen LogP contribution is 2.34.